The van der Waals surface area contributed by atoms with Gasteiger partial charge in [0.15, 0.2) is 0 Å². The molecule has 1 N–H and O–H groups in total. The first-order valence-electron chi connectivity index (χ1n) is 4.11. The fourth-order valence-corrected chi connectivity index (χ4v) is 2.08. The Bertz CT molecular complexity index is 181. The van der Waals surface area contributed by atoms with Crippen LogP contribution in [0.15, 0.2) is 0 Å². The molecule has 0 radical (unpaired) electrons. The molecule has 3 heteroatoms. The molecule has 0 bridgehead atoms. The first-order valence-corrected chi connectivity index (χ1v) is 4.11. The molecule has 2 unspecified atom stereocenters. The van der Waals surface area contributed by atoms with E-state index in [1.807, 2.05) is 0 Å². The molecule has 1 aliphatic heterocycles. The minimum atomic E-state index is -0.0385. The zero-order chi connectivity index (χ0) is 7.90. The third kappa shape index (κ3) is 0.805. The zero-order valence-electron chi connectivity index (χ0n) is 6.72. The normalized spacial score (nSPS) is 41.0. The highest BCUT2D eigenvalue weighted by molar-refractivity contribution is 5.75. The molecular weight excluding hydrogens is 142 g/mol. The summed E-state index contributed by atoms with van der Waals surface area (Å²) < 4.78 is 4.71. The number of rotatable bonds is 1. The second kappa shape index (κ2) is 2.21. The molecular formula is C8H13NO2. The van der Waals surface area contributed by atoms with E-state index in [2.05, 4.69) is 5.32 Å². The van der Waals surface area contributed by atoms with Crippen LogP contribution in [-0.2, 0) is 9.53 Å². The smallest absolute Gasteiger partial charge is 0.310 e. The number of hydrogen-bond acceptors (Lipinski definition) is 3. The number of nitrogens with one attached hydrogen (secondary N) is 1. The van der Waals surface area contributed by atoms with Gasteiger partial charge in [0.25, 0.3) is 0 Å². The van der Waals surface area contributed by atoms with E-state index in [0.29, 0.717) is 0 Å². The molecule has 2 aliphatic rings. The van der Waals surface area contributed by atoms with E-state index >= 15 is 0 Å². The van der Waals surface area contributed by atoms with Gasteiger partial charge in [0.05, 0.1) is 13.0 Å². The summed E-state index contributed by atoms with van der Waals surface area (Å²) in [6.07, 6.45) is 3.29. The van der Waals surface area contributed by atoms with Crippen LogP contribution in [0.4, 0.5) is 0 Å². The van der Waals surface area contributed by atoms with Crippen molar-refractivity contribution in [1.82, 2.24) is 5.32 Å². The summed E-state index contributed by atoms with van der Waals surface area (Å²) in [4.78, 5) is 11.1. The molecule has 0 aromatic rings. The first kappa shape index (κ1) is 7.10. The third-order valence-electron chi connectivity index (χ3n) is 3.08. The van der Waals surface area contributed by atoms with Crippen LogP contribution in [0.5, 0.6) is 0 Å². The molecule has 1 saturated carbocycles. The summed E-state index contributed by atoms with van der Waals surface area (Å²) >= 11 is 0. The topological polar surface area (TPSA) is 38.3 Å². The van der Waals surface area contributed by atoms with E-state index in [1.165, 1.54) is 7.11 Å². The Labute approximate surface area is 66.1 Å². The highest BCUT2D eigenvalue weighted by Gasteiger charge is 2.54. The monoisotopic (exact) mass is 155 g/mol. The van der Waals surface area contributed by atoms with E-state index in [0.717, 1.165) is 25.8 Å². The maximum absolute atomic E-state index is 11.1. The zero-order valence-corrected chi connectivity index (χ0v) is 6.72. The van der Waals surface area contributed by atoms with Crippen molar-refractivity contribution in [3.8, 4) is 0 Å². The van der Waals surface area contributed by atoms with Crippen LogP contribution in [0.3, 0.4) is 0 Å². The highest BCUT2D eigenvalue weighted by Crippen LogP contribution is 2.45. The second-order valence-electron chi connectivity index (χ2n) is 3.45. The molecule has 0 aromatic carbocycles. The van der Waals surface area contributed by atoms with Crippen molar-refractivity contribution in [3.05, 3.63) is 0 Å². The van der Waals surface area contributed by atoms with Gasteiger partial charge in [0.1, 0.15) is 0 Å². The van der Waals surface area contributed by atoms with Gasteiger partial charge in [0, 0.05) is 5.54 Å². The van der Waals surface area contributed by atoms with Crippen LogP contribution in [0.2, 0.25) is 0 Å². The van der Waals surface area contributed by atoms with Crippen LogP contribution in [-0.4, -0.2) is 25.2 Å². The van der Waals surface area contributed by atoms with E-state index in [4.69, 9.17) is 4.74 Å². The Hall–Kier alpha value is -0.570. The van der Waals surface area contributed by atoms with Gasteiger partial charge >= 0.3 is 5.97 Å². The summed E-state index contributed by atoms with van der Waals surface area (Å²) in [5, 5.41) is 3.32. The Morgan fingerprint density at radius 3 is 2.64 bits per heavy atom. The first-order chi connectivity index (χ1) is 5.28. The Morgan fingerprint density at radius 1 is 1.64 bits per heavy atom. The van der Waals surface area contributed by atoms with E-state index in [9.17, 15) is 4.79 Å². The van der Waals surface area contributed by atoms with Crippen LogP contribution in [0, 0.1) is 5.92 Å². The van der Waals surface area contributed by atoms with Gasteiger partial charge in [-0.15, -0.1) is 0 Å². The molecule has 1 aliphatic carbocycles. The number of hydrogen-bond donors (Lipinski definition) is 1. The van der Waals surface area contributed by atoms with Crippen LogP contribution in [0.1, 0.15) is 19.3 Å². The lowest BCUT2D eigenvalue weighted by atomic mass is 9.61. The molecule has 2 rings (SSSR count). The molecule has 1 heterocycles. The van der Waals surface area contributed by atoms with Gasteiger partial charge in [-0.25, -0.2) is 0 Å². The van der Waals surface area contributed by atoms with Crippen LogP contribution >= 0.6 is 0 Å². The number of carbonyl (C=O) groups is 1. The minimum absolute atomic E-state index is 0.0385. The summed E-state index contributed by atoms with van der Waals surface area (Å²) in [6, 6.07) is 0. The van der Waals surface area contributed by atoms with Crippen molar-refractivity contribution in [3.63, 3.8) is 0 Å². The predicted octanol–water partition coefficient (Wildman–Crippen LogP) is 0.301. The van der Waals surface area contributed by atoms with Crippen LogP contribution < -0.4 is 5.32 Å². The van der Waals surface area contributed by atoms with Crippen LogP contribution in [0.25, 0.3) is 0 Å². The molecule has 1 saturated heterocycles. The van der Waals surface area contributed by atoms with E-state index in [1.54, 1.807) is 0 Å². The van der Waals surface area contributed by atoms with Gasteiger partial charge in [-0.05, 0) is 25.8 Å². The number of ether oxygens (including phenoxy) is 1. The Morgan fingerprint density at radius 2 is 2.36 bits per heavy atom. The van der Waals surface area contributed by atoms with Gasteiger partial charge in [-0.1, -0.05) is 0 Å². The summed E-state index contributed by atoms with van der Waals surface area (Å²) in [7, 11) is 1.47. The fourth-order valence-electron chi connectivity index (χ4n) is 2.08. The maximum atomic E-state index is 11.1. The number of methoxy groups -OCH3 is 1. The third-order valence-corrected chi connectivity index (χ3v) is 3.08. The average molecular weight is 155 g/mol. The molecule has 0 amide bonds. The lowest BCUT2D eigenvalue weighted by Gasteiger charge is -2.55. The van der Waals surface area contributed by atoms with Crippen molar-refractivity contribution in [2.75, 3.05) is 13.7 Å². The molecule has 62 valence electrons. The Balaban J connectivity index is 2.00. The predicted molar refractivity (Wildman–Crippen MR) is 40.1 cm³/mol. The van der Waals surface area contributed by atoms with Gasteiger partial charge in [-0.3, -0.25) is 4.79 Å². The summed E-state index contributed by atoms with van der Waals surface area (Å²) in [6.45, 7) is 1.06. The van der Waals surface area contributed by atoms with E-state index in [-0.39, 0.29) is 17.4 Å². The minimum Gasteiger partial charge on any atom is -0.469 e. The van der Waals surface area contributed by atoms with Gasteiger partial charge in [-0.2, -0.15) is 0 Å². The molecule has 11 heavy (non-hydrogen) atoms. The highest BCUT2D eigenvalue weighted by atomic mass is 16.5. The Kier molecular flexibility index (Phi) is 1.42. The largest absolute Gasteiger partial charge is 0.469 e. The maximum Gasteiger partial charge on any atom is 0.310 e. The molecule has 1 spiro atoms. The summed E-state index contributed by atoms with van der Waals surface area (Å²) in [5.74, 6) is 0.102. The van der Waals surface area contributed by atoms with Crippen molar-refractivity contribution in [2.24, 2.45) is 5.92 Å². The SMILES string of the molecule is COC(=O)C1CCC12CCN2. The van der Waals surface area contributed by atoms with Crippen molar-refractivity contribution in [1.29, 1.82) is 0 Å². The van der Waals surface area contributed by atoms with Crippen molar-refractivity contribution >= 4 is 5.97 Å². The average Bonchev–Trinajstić information content (AvgIpc) is 1.82. The van der Waals surface area contributed by atoms with E-state index < -0.39 is 0 Å². The number of esters is 1. The number of carbonyl (C=O) groups excluding carboxylic acids is 1. The van der Waals surface area contributed by atoms with Crippen molar-refractivity contribution < 1.29 is 9.53 Å². The summed E-state index contributed by atoms with van der Waals surface area (Å²) in [5.41, 5.74) is 0.160. The molecule has 2 fully saturated rings. The van der Waals surface area contributed by atoms with Gasteiger partial charge in [0.2, 0.25) is 0 Å². The lowest BCUT2D eigenvalue weighted by molar-refractivity contribution is -0.157. The van der Waals surface area contributed by atoms with Gasteiger partial charge < -0.3 is 10.1 Å². The molecule has 2 atom stereocenters. The molecule has 0 aromatic heterocycles. The molecule has 3 nitrogen and oxygen atoms in total. The standard InChI is InChI=1S/C8H13NO2/c1-11-7(10)6-2-3-8(6)4-5-9-8/h6,9H,2-5H2,1H3. The second-order valence-corrected chi connectivity index (χ2v) is 3.45. The fraction of sp³-hybridized carbons (Fsp3) is 0.875. The lowest BCUT2D eigenvalue weighted by Crippen LogP contribution is -2.68. The van der Waals surface area contributed by atoms with Crippen molar-refractivity contribution in [2.45, 2.75) is 24.8 Å². The quantitative estimate of drug-likeness (QED) is 0.553.